The molecule has 100 valence electrons. The number of hydrogen-bond acceptors (Lipinski definition) is 5. The molecule has 2 rings (SSSR count). The number of anilines is 1. The van der Waals surface area contributed by atoms with Gasteiger partial charge in [-0.25, -0.2) is 0 Å². The number of aromatic nitrogens is 1. The molecule has 5 heteroatoms. The van der Waals surface area contributed by atoms with Crippen molar-refractivity contribution in [2.45, 2.75) is 32.2 Å². The molecule has 18 heavy (non-hydrogen) atoms. The van der Waals surface area contributed by atoms with Crippen molar-refractivity contribution in [2.75, 3.05) is 24.6 Å². The maximum atomic E-state index is 9.42. The van der Waals surface area contributed by atoms with Gasteiger partial charge >= 0.3 is 0 Å². The molecular formula is C13H20N2O3. The van der Waals surface area contributed by atoms with E-state index in [9.17, 15) is 10.2 Å². The molecule has 0 radical (unpaired) electrons. The first kappa shape index (κ1) is 13.3. The van der Waals surface area contributed by atoms with Crippen LogP contribution in [0.15, 0.2) is 18.3 Å². The second kappa shape index (κ2) is 5.65. The first-order valence-electron chi connectivity index (χ1n) is 6.25. The summed E-state index contributed by atoms with van der Waals surface area (Å²) in [4.78, 5) is 6.38. The highest BCUT2D eigenvalue weighted by atomic mass is 16.5. The first-order valence-corrected chi connectivity index (χ1v) is 6.25. The molecule has 1 aliphatic heterocycles. The van der Waals surface area contributed by atoms with Gasteiger partial charge in [-0.05, 0) is 26.0 Å². The highest BCUT2D eigenvalue weighted by molar-refractivity contribution is 5.45. The van der Waals surface area contributed by atoms with Gasteiger partial charge < -0.3 is 19.8 Å². The van der Waals surface area contributed by atoms with Gasteiger partial charge in [-0.3, -0.25) is 4.98 Å². The van der Waals surface area contributed by atoms with Crippen LogP contribution in [0.5, 0.6) is 0 Å². The van der Waals surface area contributed by atoms with Crippen LogP contribution >= 0.6 is 0 Å². The van der Waals surface area contributed by atoms with Crippen molar-refractivity contribution in [3.63, 3.8) is 0 Å². The summed E-state index contributed by atoms with van der Waals surface area (Å²) < 4.78 is 5.60. The van der Waals surface area contributed by atoms with Crippen LogP contribution in [-0.2, 0) is 4.74 Å². The van der Waals surface area contributed by atoms with Crippen LogP contribution in [0.25, 0.3) is 0 Å². The van der Waals surface area contributed by atoms with E-state index in [1.165, 1.54) is 0 Å². The van der Waals surface area contributed by atoms with E-state index in [1.807, 2.05) is 19.1 Å². The molecule has 2 N–H and O–H groups in total. The monoisotopic (exact) mass is 252 g/mol. The Bertz CT molecular complexity index is 380. The Hall–Kier alpha value is -1.17. The molecule has 0 aliphatic carbocycles. The Morgan fingerprint density at radius 3 is 2.83 bits per heavy atom. The number of aliphatic hydroxyl groups is 2. The molecule has 0 saturated carbocycles. The van der Waals surface area contributed by atoms with E-state index in [0.717, 1.165) is 12.2 Å². The highest BCUT2D eigenvalue weighted by Crippen LogP contribution is 2.21. The number of ether oxygens (including phenoxy) is 1. The maximum Gasteiger partial charge on any atom is 0.0984 e. The fourth-order valence-corrected chi connectivity index (χ4v) is 2.19. The maximum absolute atomic E-state index is 9.42. The summed E-state index contributed by atoms with van der Waals surface area (Å²) >= 11 is 0. The third kappa shape index (κ3) is 2.98. The van der Waals surface area contributed by atoms with Crippen LogP contribution in [0.2, 0.25) is 0 Å². The van der Waals surface area contributed by atoms with E-state index in [4.69, 9.17) is 4.74 Å². The number of rotatable bonds is 3. The van der Waals surface area contributed by atoms with Crippen LogP contribution in [0.1, 0.15) is 25.6 Å². The minimum atomic E-state index is -0.548. The number of morpholine rings is 1. The molecule has 3 atom stereocenters. The van der Waals surface area contributed by atoms with Gasteiger partial charge in [0, 0.05) is 13.1 Å². The SMILES string of the molecule is CC1CN(c2ccc([C@H](C)O)nc2)CC(CO)O1. The van der Waals surface area contributed by atoms with Gasteiger partial charge in [0.15, 0.2) is 0 Å². The van der Waals surface area contributed by atoms with Gasteiger partial charge in [0.05, 0.1) is 42.5 Å². The van der Waals surface area contributed by atoms with Crippen molar-refractivity contribution in [1.29, 1.82) is 0 Å². The lowest BCUT2D eigenvalue weighted by molar-refractivity contribution is -0.0421. The Labute approximate surface area is 107 Å². The summed E-state index contributed by atoms with van der Waals surface area (Å²) in [6.45, 7) is 5.16. The van der Waals surface area contributed by atoms with E-state index < -0.39 is 6.10 Å². The summed E-state index contributed by atoms with van der Waals surface area (Å²) in [7, 11) is 0. The highest BCUT2D eigenvalue weighted by Gasteiger charge is 2.25. The van der Waals surface area contributed by atoms with E-state index in [2.05, 4.69) is 9.88 Å². The summed E-state index contributed by atoms with van der Waals surface area (Å²) in [6.07, 6.45) is 1.15. The van der Waals surface area contributed by atoms with Gasteiger partial charge in [0.25, 0.3) is 0 Å². The normalized spacial score (nSPS) is 26.1. The van der Waals surface area contributed by atoms with E-state index in [0.29, 0.717) is 12.2 Å². The zero-order chi connectivity index (χ0) is 13.1. The predicted octanol–water partition coefficient (Wildman–Crippen LogP) is 0.721. The van der Waals surface area contributed by atoms with Crippen molar-refractivity contribution < 1.29 is 14.9 Å². The summed E-state index contributed by atoms with van der Waals surface area (Å²) in [6, 6.07) is 3.77. The lowest BCUT2D eigenvalue weighted by Gasteiger charge is -2.37. The Morgan fingerprint density at radius 1 is 1.50 bits per heavy atom. The van der Waals surface area contributed by atoms with E-state index in [1.54, 1.807) is 13.1 Å². The molecule has 1 aromatic heterocycles. The molecule has 2 unspecified atom stereocenters. The standard InChI is InChI=1S/C13H20N2O3/c1-9-6-15(7-12(8-16)18-9)11-3-4-13(10(2)17)14-5-11/h3-5,9-10,12,16-17H,6-8H2,1-2H3/t9?,10-,12?/m0/s1. The minimum absolute atomic E-state index is 0.0278. The molecule has 1 aliphatic rings. The third-order valence-corrected chi connectivity index (χ3v) is 3.09. The summed E-state index contributed by atoms with van der Waals surface area (Å²) in [5.74, 6) is 0. The molecule has 1 saturated heterocycles. The number of nitrogens with zero attached hydrogens (tertiary/aromatic N) is 2. The van der Waals surface area contributed by atoms with E-state index in [-0.39, 0.29) is 18.8 Å². The van der Waals surface area contributed by atoms with Crippen molar-refractivity contribution in [3.8, 4) is 0 Å². The molecule has 0 aromatic carbocycles. The Balaban J connectivity index is 2.10. The molecule has 0 spiro atoms. The quantitative estimate of drug-likeness (QED) is 0.830. The Kier molecular flexibility index (Phi) is 4.16. The second-order valence-corrected chi connectivity index (χ2v) is 4.77. The van der Waals surface area contributed by atoms with Crippen molar-refractivity contribution in [3.05, 3.63) is 24.0 Å². The molecule has 1 fully saturated rings. The number of pyridine rings is 1. The predicted molar refractivity (Wildman–Crippen MR) is 68.5 cm³/mol. The molecule has 2 heterocycles. The van der Waals surface area contributed by atoms with Gasteiger partial charge in [-0.1, -0.05) is 0 Å². The smallest absolute Gasteiger partial charge is 0.0984 e. The molecular weight excluding hydrogens is 232 g/mol. The molecule has 0 amide bonds. The first-order chi connectivity index (χ1) is 8.60. The largest absolute Gasteiger partial charge is 0.394 e. The van der Waals surface area contributed by atoms with Gasteiger partial charge in [0.2, 0.25) is 0 Å². The minimum Gasteiger partial charge on any atom is -0.394 e. The zero-order valence-corrected chi connectivity index (χ0v) is 10.8. The second-order valence-electron chi connectivity index (χ2n) is 4.77. The zero-order valence-electron chi connectivity index (χ0n) is 10.8. The van der Waals surface area contributed by atoms with Gasteiger partial charge in [-0.15, -0.1) is 0 Å². The number of aliphatic hydroxyl groups excluding tert-OH is 2. The number of hydrogen-bond donors (Lipinski definition) is 2. The average molecular weight is 252 g/mol. The lowest BCUT2D eigenvalue weighted by atomic mass is 10.2. The summed E-state index contributed by atoms with van der Waals surface area (Å²) in [5, 5.41) is 18.6. The van der Waals surface area contributed by atoms with Gasteiger partial charge in [0.1, 0.15) is 0 Å². The van der Waals surface area contributed by atoms with Crippen LogP contribution in [0.4, 0.5) is 5.69 Å². The van der Waals surface area contributed by atoms with Crippen molar-refractivity contribution >= 4 is 5.69 Å². The summed E-state index contributed by atoms with van der Waals surface area (Å²) in [5.41, 5.74) is 1.66. The fraction of sp³-hybridized carbons (Fsp3) is 0.615. The van der Waals surface area contributed by atoms with Crippen molar-refractivity contribution in [2.24, 2.45) is 0 Å². The van der Waals surface area contributed by atoms with Crippen LogP contribution in [0, 0.1) is 0 Å². The van der Waals surface area contributed by atoms with Crippen LogP contribution in [-0.4, -0.2) is 47.1 Å². The average Bonchev–Trinajstić information content (AvgIpc) is 2.38. The van der Waals surface area contributed by atoms with Gasteiger partial charge in [-0.2, -0.15) is 0 Å². The molecule has 1 aromatic rings. The molecule has 0 bridgehead atoms. The fourth-order valence-electron chi connectivity index (χ4n) is 2.19. The molecule has 5 nitrogen and oxygen atoms in total. The lowest BCUT2D eigenvalue weighted by Crippen LogP contribution is -2.48. The third-order valence-electron chi connectivity index (χ3n) is 3.09. The van der Waals surface area contributed by atoms with E-state index >= 15 is 0 Å². The van der Waals surface area contributed by atoms with Crippen LogP contribution in [0.3, 0.4) is 0 Å². The topological polar surface area (TPSA) is 65.8 Å². The Morgan fingerprint density at radius 2 is 2.28 bits per heavy atom. The van der Waals surface area contributed by atoms with Crippen LogP contribution < -0.4 is 4.90 Å². The van der Waals surface area contributed by atoms with Crippen molar-refractivity contribution in [1.82, 2.24) is 4.98 Å².